The molecule has 0 amide bonds. The Morgan fingerprint density at radius 2 is 0.635 bits per heavy atom. The Hall–Kier alpha value is -4.60. The number of fused-ring (bicyclic) bond motifs is 2. The predicted octanol–water partition coefficient (Wildman–Crippen LogP) is 11.7. The van der Waals surface area contributed by atoms with Gasteiger partial charge in [-0.3, -0.25) is 0 Å². The monoisotopic (exact) mass is 692 g/mol. The average molecular weight is 693 g/mol. The molecule has 52 heavy (non-hydrogen) atoms. The highest BCUT2D eigenvalue weighted by molar-refractivity contribution is 5.54. The zero-order valence-electron chi connectivity index (χ0n) is 33.0. The van der Waals surface area contributed by atoms with Crippen molar-refractivity contribution in [1.29, 1.82) is 0 Å². The van der Waals surface area contributed by atoms with E-state index >= 15 is 0 Å². The van der Waals surface area contributed by atoms with Crippen LogP contribution in [0.4, 0.5) is 0 Å². The highest BCUT2D eigenvalue weighted by Gasteiger charge is 2.16. The SMILES string of the molecule is CC(C)(C)c1ccc2c(c1)C#CC#CC#CC#CC#CC#Cc1cc(C(C)(C)C)ccc1OCCCCCCCCCCCCCCCCCCO2. The van der Waals surface area contributed by atoms with E-state index in [0.29, 0.717) is 13.2 Å². The lowest BCUT2D eigenvalue weighted by molar-refractivity contribution is 0.303. The Bertz CT molecular complexity index is 1660. The van der Waals surface area contributed by atoms with Gasteiger partial charge in [-0.15, -0.1) is 0 Å². The zero-order valence-corrected chi connectivity index (χ0v) is 33.0. The predicted molar refractivity (Wildman–Crippen MR) is 220 cm³/mol. The van der Waals surface area contributed by atoms with Crippen molar-refractivity contribution in [3.8, 4) is 82.5 Å². The Kier molecular flexibility index (Phi) is 19.1. The van der Waals surface area contributed by atoms with Gasteiger partial charge in [-0.2, -0.15) is 0 Å². The Balaban J connectivity index is 1.71. The van der Waals surface area contributed by atoms with Gasteiger partial charge in [-0.25, -0.2) is 0 Å². The third-order valence-corrected chi connectivity index (χ3v) is 9.20. The summed E-state index contributed by atoms with van der Waals surface area (Å²) in [5.41, 5.74) is 4.17. The van der Waals surface area contributed by atoms with Crippen LogP contribution in [-0.2, 0) is 10.8 Å². The fourth-order valence-electron chi connectivity index (χ4n) is 5.93. The second-order valence-electron chi connectivity index (χ2n) is 15.8. The molecule has 0 unspecified atom stereocenters. The molecule has 0 spiro atoms. The van der Waals surface area contributed by atoms with Crippen molar-refractivity contribution in [3.63, 3.8) is 0 Å². The van der Waals surface area contributed by atoms with E-state index in [0.717, 1.165) is 35.5 Å². The molecule has 2 aromatic rings. The largest absolute Gasteiger partial charge is 0.492 e. The number of hydrogen-bond acceptors (Lipinski definition) is 2. The van der Waals surface area contributed by atoms with Gasteiger partial charge in [-0.1, -0.05) is 144 Å². The minimum atomic E-state index is 0.0137. The van der Waals surface area contributed by atoms with Gasteiger partial charge in [0.1, 0.15) is 11.5 Å². The molecule has 2 nitrogen and oxygen atoms in total. The van der Waals surface area contributed by atoms with Crippen molar-refractivity contribution in [1.82, 2.24) is 0 Å². The van der Waals surface area contributed by atoms with Crippen molar-refractivity contribution < 1.29 is 9.47 Å². The van der Waals surface area contributed by atoms with E-state index in [9.17, 15) is 0 Å². The van der Waals surface area contributed by atoms with Crippen LogP contribution >= 0.6 is 0 Å². The zero-order chi connectivity index (χ0) is 37.3. The van der Waals surface area contributed by atoms with Crippen molar-refractivity contribution in [2.45, 2.75) is 155 Å². The van der Waals surface area contributed by atoms with Crippen molar-refractivity contribution in [2.75, 3.05) is 13.2 Å². The van der Waals surface area contributed by atoms with Crippen LogP contribution in [0.25, 0.3) is 0 Å². The lowest BCUT2D eigenvalue weighted by Gasteiger charge is -2.20. The number of benzene rings is 2. The molecular formula is C50H60O2. The van der Waals surface area contributed by atoms with E-state index in [1.807, 2.05) is 12.1 Å². The molecule has 2 heteroatoms. The maximum absolute atomic E-state index is 6.20. The molecule has 1 heterocycles. The fraction of sp³-hybridized carbons (Fsp3) is 0.520. The van der Waals surface area contributed by atoms with Crippen LogP contribution in [-0.4, -0.2) is 13.2 Å². The molecule has 0 atom stereocenters. The molecule has 1 aliphatic rings. The van der Waals surface area contributed by atoms with Crippen LogP contribution in [0.15, 0.2) is 36.4 Å². The molecule has 2 aromatic carbocycles. The van der Waals surface area contributed by atoms with E-state index < -0.39 is 0 Å². The molecule has 272 valence electrons. The van der Waals surface area contributed by atoms with Crippen molar-refractivity contribution in [2.24, 2.45) is 0 Å². The maximum Gasteiger partial charge on any atom is 0.134 e. The Morgan fingerprint density at radius 1 is 0.365 bits per heavy atom. The highest BCUT2D eigenvalue weighted by Crippen LogP contribution is 2.29. The summed E-state index contributed by atoms with van der Waals surface area (Å²) in [4.78, 5) is 0. The third kappa shape index (κ3) is 17.6. The van der Waals surface area contributed by atoms with E-state index in [1.165, 1.54) is 101 Å². The van der Waals surface area contributed by atoms with Crippen molar-refractivity contribution in [3.05, 3.63) is 58.7 Å². The number of rotatable bonds is 0. The van der Waals surface area contributed by atoms with Gasteiger partial charge in [0.25, 0.3) is 0 Å². The molecule has 0 aliphatic carbocycles. The fourth-order valence-corrected chi connectivity index (χ4v) is 5.93. The summed E-state index contributed by atoms with van der Waals surface area (Å²) < 4.78 is 12.4. The van der Waals surface area contributed by atoms with E-state index in [4.69, 9.17) is 9.47 Å². The van der Waals surface area contributed by atoms with Crippen LogP contribution in [0.2, 0.25) is 0 Å². The number of ether oxygens (including phenoxy) is 2. The summed E-state index contributed by atoms with van der Waals surface area (Å²) >= 11 is 0. The van der Waals surface area contributed by atoms with Crippen LogP contribution in [0.1, 0.15) is 167 Å². The van der Waals surface area contributed by atoms with Gasteiger partial charge in [-0.05, 0) is 130 Å². The normalized spacial score (nSPS) is 16.0. The van der Waals surface area contributed by atoms with Crippen LogP contribution in [0.3, 0.4) is 0 Å². The molecule has 0 aromatic heterocycles. The highest BCUT2D eigenvalue weighted by atomic mass is 16.5. The molecule has 0 bridgehead atoms. The quantitative estimate of drug-likeness (QED) is 0.256. The molecule has 3 rings (SSSR count). The average Bonchev–Trinajstić information content (AvgIpc) is 3.10. The smallest absolute Gasteiger partial charge is 0.134 e. The first-order chi connectivity index (χ1) is 25.1. The Labute approximate surface area is 318 Å². The molecule has 0 saturated carbocycles. The lowest BCUT2D eigenvalue weighted by Crippen LogP contribution is -2.11. The first-order valence-corrected chi connectivity index (χ1v) is 19.7. The van der Waals surface area contributed by atoms with Crippen molar-refractivity contribution >= 4 is 0 Å². The van der Waals surface area contributed by atoms with Crippen LogP contribution in [0, 0.1) is 71.0 Å². The van der Waals surface area contributed by atoms with Gasteiger partial charge in [0.2, 0.25) is 0 Å². The summed E-state index contributed by atoms with van der Waals surface area (Å²) in [5.74, 6) is 36.0. The minimum Gasteiger partial charge on any atom is -0.492 e. The first kappa shape index (κ1) is 41.8. The van der Waals surface area contributed by atoms with Gasteiger partial charge in [0.05, 0.1) is 24.3 Å². The summed E-state index contributed by atoms with van der Waals surface area (Å²) in [6.07, 6.45) is 20.7. The molecule has 0 fully saturated rings. The standard InChI is InChI=1S/C50H60O2/c1-49(2,3)45-35-37-47-43(41-45)33-29-25-21-17-13-14-18-22-26-30-34-44-42-46(50(4,5)6)36-38-48(44)52-40-32-28-24-20-16-12-10-8-7-9-11-15-19-23-27-31-39-51-47/h35-38,41-42H,7-12,15-16,19-20,23-24,27-28,31-32,39-40H2,1-6H3. The van der Waals surface area contributed by atoms with Gasteiger partial charge < -0.3 is 9.47 Å². The summed E-state index contributed by atoms with van der Waals surface area (Å²) in [6, 6.07) is 12.6. The number of hydrogen-bond donors (Lipinski definition) is 0. The maximum atomic E-state index is 6.20. The molecule has 0 N–H and O–H groups in total. The van der Waals surface area contributed by atoms with Crippen LogP contribution < -0.4 is 9.47 Å². The van der Waals surface area contributed by atoms with E-state index in [2.05, 4.69) is 137 Å². The van der Waals surface area contributed by atoms with Gasteiger partial charge in [0.15, 0.2) is 0 Å². The molecule has 0 radical (unpaired) electrons. The second kappa shape index (κ2) is 23.8. The molecular weight excluding hydrogens is 633 g/mol. The van der Waals surface area contributed by atoms with E-state index in [1.54, 1.807) is 0 Å². The summed E-state index contributed by atoms with van der Waals surface area (Å²) in [5, 5.41) is 0. The molecule has 0 saturated heterocycles. The molecule has 1 aliphatic heterocycles. The summed E-state index contributed by atoms with van der Waals surface area (Å²) in [6.45, 7) is 14.6. The minimum absolute atomic E-state index is 0.0137. The lowest BCUT2D eigenvalue weighted by atomic mass is 9.86. The second-order valence-corrected chi connectivity index (χ2v) is 15.8. The Morgan fingerprint density at radius 3 is 0.923 bits per heavy atom. The topological polar surface area (TPSA) is 18.5 Å². The van der Waals surface area contributed by atoms with Gasteiger partial charge in [0, 0.05) is 0 Å². The van der Waals surface area contributed by atoms with E-state index in [-0.39, 0.29) is 10.8 Å². The van der Waals surface area contributed by atoms with Crippen LogP contribution in [0.5, 0.6) is 11.5 Å². The third-order valence-electron chi connectivity index (χ3n) is 9.20. The van der Waals surface area contributed by atoms with Gasteiger partial charge >= 0.3 is 0 Å². The summed E-state index contributed by atoms with van der Waals surface area (Å²) in [7, 11) is 0. The first-order valence-electron chi connectivity index (χ1n) is 19.7.